The zero-order valence-corrected chi connectivity index (χ0v) is 14.8. The first kappa shape index (κ1) is 16.8. The van der Waals surface area contributed by atoms with Crippen LogP contribution in [0, 0.1) is 0 Å². The van der Waals surface area contributed by atoms with Crippen molar-refractivity contribution in [1.29, 1.82) is 0 Å². The minimum absolute atomic E-state index is 0.197. The number of fused-ring (bicyclic) bond motifs is 1. The molecule has 2 aliphatic rings. The van der Waals surface area contributed by atoms with Crippen LogP contribution in [0.25, 0.3) is 0 Å². The van der Waals surface area contributed by atoms with Gasteiger partial charge in [-0.1, -0.05) is 54.6 Å². The Morgan fingerprint density at radius 3 is 2.40 bits per heavy atom. The van der Waals surface area contributed by atoms with E-state index in [0.717, 1.165) is 39.0 Å². The van der Waals surface area contributed by atoms with Crippen LogP contribution < -0.4 is 0 Å². The van der Waals surface area contributed by atoms with Gasteiger partial charge in [0.05, 0.1) is 12.1 Å². The van der Waals surface area contributed by atoms with E-state index in [1.54, 1.807) is 0 Å². The summed E-state index contributed by atoms with van der Waals surface area (Å²) in [7, 11) is 0. The van der Waals surface area contributed by atoms with Crippen molar-refractivity contribution < 1.29 is 5.11 Å². The maximum absolute atomic E-state index is 10.5. The van der Waals surface area contributed by atoms with E-state index in [4.69, 9.17) is 0 Å². The Bertz CT molecular complexity index is 679. The molecule has 2 unspecified atom stereocenters. The molecule has 132 valence electrons. The number of aliphatic hydroxyl groups is 1. The van der Waals surface area contributed by atoms with Crippen LogP contribution in [0.15, 0.2) is 54.6 Å². The first-order chi connectivity index (χ1) is 12.3. The van der Waals surface area contributed by atoms with Crippen molar-refractivity contribution >= 4 is 0 Å². The lowest BCUT2D eigenvalue weighted by molar-refractivity contribution is 0.0274. The number of aliphatic hydroxyl groups excluding tert-OH is 1. The number of nitrogens with zero attached hydrogens (tertiary/aromatic N) is 2. The van der Waals surface area contributed by atoms with Gasteiger partial charge in [-0.25, -0.2) is 0 Å². The highest BCUT2D eigenvalue weighted by Crippen LogP contribution is 2.36. The molecule has 0 amide bonds. The highest BCUT2D eigenvalue weighted by molar-refractivity contribution is 5.36. The summed E-state index contributed by atoms with van der Waals surface area (Å²) in [6.07, 6.45) is 2.94. The Morgan fingerprint density at radius 2 is 1.60 bits per heavy atom. The fourth-order valence-electron chi connectivity index (χ4n) is 4.41. The summed E-state index contributed by atoms with van der Waals surface area (Å²) < 4.78 is 0. The Hall–Kier alpha value is -1.68. The maximum Gasteiger partial charge on any atom is 0.0777 e. The van der Waals surface area contributed by atoms with Crippen molar-refractivity contribution in [3.63, 3.8) is 0 Å². The molecule has 1 aliphatic heterocycles. The molecule has 2 atom stereocenters. The summed E-state index contributed by atoms with van der Waals surface area (Å²) in [5.74, 6) is 0. The van der Waals surface area contributed by atoms with E-state index < -0.39 is 0 Å². The largest absolute Gasteiger partial charge is 0.391 e. The molecule has 3 heteroatoms. The van der Waals surface area contributed by atoms with Gasteiger partial charge < -0.3 is 10.0 Å². The Kier molecular flexibility index (Phi) is 5.16. The third kappa shape index (κ3) is 3.79. The van der Waals surface area contributed by atoms with Crippen LogP contribution in [0.4, 0.5) is 0 Å². The lowest BCUT2D eigenvalue weighted by Gasteiger charge is -2.39. The molecule has 0 bridgehead atoms. The van der Waals surface area contributed by atoms with Crippen molar-refractivity contribution in [2.45, 2.75) is 31.4 Å². The second kappa shape index (κ2) is 7.69. The predicted molar refractivity (Wildman–Crippen MR) is 102 cm³/mol. The lowest BCUT2D eigenvalue weighted by Crippen LogP contribution is -2.49. The molecule has 25 heavy (non-hydrogen) atoms. The summed E-state index contributed by atoms with van der Waals surface area (Å²) in [6.45, 7) is 5.51. The average molecular weight is 336 g/mol. The van der Waals surface area contributed by atoms with Gasteiger partial charge in [-0.2, -0.15) is 0 Å². The van der Waals surface area contributed by atoms with E-state index in [2.05, 4.69) is 64.4 Å². The normalized spacial score (nSPS) is 24.4. The smallest absolute Gasteiger partial charge is 0.0777 e. The van der Waals surface area contributed by atoms with Gasteiger partial charge in [0.1, 0.15) is 0 Å². The molecular weight excluding hydrogens is 308 g/mol. The average Bonchev–Trinajstić information content (AvgIpc) is 2.99. The van der Waals surface area contributed by atoms with Gasteiger partial charge in [-0.05, 0) is 36.1 Å². The molecule has 0 saturated carbocycles. The predicted octanol–water partition coefficient (Wildman–Crippen LogP) is 2.90. The molecule has 1 heterocycles. The molecule has 1 aliphatic carbocycles. The zero-order chi connectivity index (χ0) is 17.1. The summed E-state index contributed by atoms with van der Waals surface area (Å²) in [6, 6.07) is 19.5. The van der Waals surface area contributed by atoms with Gasteiger partial charge in [0.25, 0.3) is 0 Å². The number of hydrogen-bond donors (Lipinski definition) is 1. The molecule has 0 spiro atoms. The number of piperazine rings is 1. The van der Waals surface area contributed by atoms with Crippen LogP contribution >= 0.6 is 0 Å². The molecule has 1 N–H and O–H groups in total. The van der Waals surface area contributed by atoms with Crippen LogP contribution in [0.2, 0.25) is 0 Å². The summed E-state index contributed by atoms with van der Waals surface area (Å²) in [5, 5.41) is 10.5. The zero-order valence-electron chi connectivity index (χ0n) is 14.8. The Labute approximate surface area is 150 Å². The molecule has 4 rings (SSSR count). The fourth-order valence-corrected chi connectivity index (χ4v) is 4.41. The van der Waals surface area contributed by atoms with Gasteiger partial charge in [0.15, 0.2) is 0 Å². The van der Waals surface area contributed by atoms with E-state index in [0.29, 0.717) is 0 Å². The molecule has 0 aromatic heterocycles. The van der Waals surface area contributed by atoms with Gasteiger partial charge in [-0.3, -0.25) is 4.90 Å². The van der Waals surface area contributed by atoms with Gasteiger partial charge in [0, 0.05) is 32.6 Å². The minimum atomic E-state index is -0.248. The van der Waals surface area contributed by atoms with Gasteiger partial charge >= 0.3 is 0 Å². The van der Waals surface area contributed by atoms with E-state index in [1.807, 2.05) is 0 Å². The van der Waals surface area contributed by atoms with E-state index in [9.17, 15) is 5.11 Å². The molecule has 3 nitrogen and oxygen atoms in total. The standard InChI is InChI=1S/C22H28N2O/c25-21-17-19-10-4-5-11-20(19)22(21)24-15-13-23(14-16-24)12-6-9-18-7-2-1-3-8-18/h1-5,7-8,10-11,21-22,25H,6,9,12-17H2. The SMILES string of the molecule is OC1Cc2ccccc2C1N1CCN(CCCc2ccccc2)CC1. The summed E-state index contributed by atoms with van der Waals surface area (Å²) >= 11 is 0. The number of hydrogen-bond acceptors (Lipinski definition) is 3. The third-order valence-corrected chi connectivity index (χ3v) is 5.75. The summed E-state index contributed by atoms with van der Waals surface area (Å²) in [5.41, 5.74) is 4.10. The molecule has 2 aromatic rings. The highest BCUT2D eigenvalue weighted by Gasteiger charge is 2.36. The first-order valence-corrected chi connectivity index (χ1v) is 9.57. The van der Waals surface area contributed by atoms with E-state index in [-0.39, 0.29) is 12.1 Å². The Balaban J connectivity index is 1.27. The van der Waals surface area contributed by atoms with Crippen LogP contribution in [0.3, 0.4) is 0 Å². The highest BCUT2D eigenvalue weighted by atomic mass is 16.3. The molecule has 1 saturated heterocycles. The van der Waals surface area contributed by atoms with Crippen molar-refractivity contribution in [3.8, 4) is 0 Å². The number of benzene rings is 2. The second-order valence-corrected chi connectivity index (χ2v) is 7.38. The quantitative estimate of drug-likeness (QED) is 0.909. The van der Waals surface area contributed by atoms with Gasteiger partial charge in [0.2, 0.25) is 0 Å². The molecule has 1 fully saturated rings. The summed E-state index contributed by atoms with van der Waals surface area (Å²) in [4.78, 5) is 5.07. The fraction of sp³-hybridized carbons (Fsp3) is 0.455. The topological polar surface area (TPSA) is 26.7 Å². The third-order valence-electron chi connectivity index (χ3n) is 5.75. The number of rotatable bonds is 5. The van der Waals surface area contributed by atoms with Crippen molar-refractivity contribution in [3.05, 3.63) is 71.3 Å². The molecule has 0 radical (unpaired) electrons. The van der Waals surface area contributed by atoms with Crippen LogP contribution in [0.5, 0.6) is 0 Å². The van der Waals surface area contributed by atoms with E-state index in [1.165, 1.54) is 29.7 Å². The Morgan fingerprint density at radius 1 is 0.880 bits per heavy atom. The van der Waals surface area contributed by atoms with Crippen molar-refractivity contribution in [2.24, 2.45) is 0 Å². The molecular formula is C22H28N2O. The monoisotopic (exact) mass is 336 g/mol. The maximum atomic E-state index is 10.5. The first-order valence-electron chi connectivity index (χ1n) is 9.57. The van der Waals surface area contributed by atoms with Gasteiger partial charge in [-0.15, -0.1) is 0 Å². The minimum Gasteiger partial charge on any atom is -0.391 e. The molecule has 2 aromatic carbocycles. The van der Waals surface area contributed by atoms with Crippen LogP contribution in [0.1, 0.15) is 29.2 Å². The van der Waals surface area contributed by atoms with Crippen LogP contribution in [-0.2, 0) is 12.8 Å². The van der Waals surface area contributed by atoms with Crippen molar-refractivity contribution in [1.82, 2.24) is 9.80 Å². The van der Waals surface area contributed by atoms with Crippen molar-refractivity contribution in [2.75, 3.05) is 32.7 Å². The van der Waals surface area contributed by atoms with Crippen LogP contribution in [-0.4, -0.2) is 53.7 Å². The van der Waals surface area contributed by atoms with E-state index >= 15 is 0 Å². The lowest BCUT2D eigenvalue weighted by atomic mass is 10.0. The second-order valence-electron chi connectivity index (χ2n) is 7.38. The number of aryl methyl sites for hydroxylation is 1.